The van der Waals surface area contributed by atoms with Crippen LogP contribution in [0.1, 0.15) is 59.3 Å². The van der Waals surface area contributed by atoms with Crippen LogP contribution in [0.15, 0.2) is 0 Å². The molecular weight excluding hydrogens is 176 g/mol. The van der Waals surface area contributed by atoms with Crippen molar-refractivity contribution in [3.8, 4) is 0 Å². The van der Waals surface area contributed by atoms with Gasteiger partial charge < -0.3 is 4.74 Å². The van der Waals surface area contributed by atoms with Gasteiger partial charge in [0.1, 0.15) is 5.78 Å². The molecule has 0 aromatic rings. The van der Waals surface area contributed by atoms with E-state index >= 15 is 0 Å². The second-order valence-corrected chi connectivity index (χ2v) is 4.02. The van der Waals surface area contributed by atoms with Crippen LogP contribution >= 0.6 is 0 Å². The standard InChI is InChI=1S/C12H24O2/c1-4-8-12(13)9-6-5-7-10-14-11(2)3/h11H,4-10H2,1-3H3. The van der Waals surface area contributed by atoms with Crippen LogP contribution in [0, 0.1) is 0 Å². The molecule has 0 aliphatic heterocycles. The van der Waals surface area contributed by atoms with E-state index in [1.165, 1.54) is 0 Å². The SMILES string of the molecule is CCCC(=O)CCCCCOC(C)C. The number of carbonyl (C=O) groups is 1. The summed E-state index contributed by atoms with van der Waals surface area (Å²) >= 11 is 0. The highest BCUT2D eigenvalue weighted by atomic mass is 16.5. The molecule has 0 atom stereocenters. The molecule has 2 nitrogen and oxygen atoms in total. The van der Waals surface area contributed by atoms with Crippen molar-refractivity contribution in [2.45, 2.75) is 65.4 Å². The van der Waals surface area contributed by atoms with Gasteiger partial charge in [-0.2, -0.15) is 0 Å². The van der Waals surface area contributed by atoms with E-state index in [9.17, 15) is 4.79 Å². The average Bonchev–Trinajstić information content (AvgIpc) is 2.11. The molecule has 14 heavy (non-hydrogen) atoms. The fraction of sp³-hybridized carbons (Fsp3) is 0.917. The zero-order chi connectivity index (χ0) is 10.8. The van der Waals surface area contributed by atoms with Crippen molar-refractivity contribution in [1.82, 2.24) is 0 Å². The zero-order valence-corrected chi connectivity index (χ0v) is 9.84. The van der Waals surface area contributed by atoms with Gasteiger partial charge in [-0.3, -0.25) is 4.79 Å². The van der Waals surface area contributed by atoms with Gasteiger partial charge in [0.15, 0.2) is 0 Å². The predicted molar refractivity (Wildman–Crippen MR) is 59.5 cm³/mol. The Morgan fingerprint density at radius 2 is 1.86 bits per heavy atom. The van der Waals surface area contributed by atoms with Crippen molar-refractivity contribution in [3.05, 3.63) is 0 Å². The Morgan fingerprint density at radius 3 is 2.43 bits per heavy atom. The molecule has 0 aliphatic rings. The Labute approximate surface area is 88.0 Å². The molecule has 84 valence electrons. The maximum absolute atomic E-state index is 11.2. The summed E-state index contributed by atoms with van der Waals surface area (Å²) in [7, 11) is 0. The summed E-state index contributed by atoms with van der Waals surface area (Å²) < 4.78 is 5.41. The van der Waals surface area contributed by atoms with E-state index in [1.807, 2.05) is 20.8 Å². The first-order chi connectivity index (χ1) is 6.66. The molecule has 0 saturated carbocycles. The van der Waals surface area contributed by atoms with Crippen LogP contribution in [-0.2, 0) is 9.53 Å². The smallest absolute Gasteiger partial charge is 0.132 e. The lowest BCUT2D eigenvalue weighted by atomic mass is 10.1. The predicted octanol–water partition coefficient (Wildman–Crippen LogP) is 3.34. The first-order valence-corrected chi connectivity index (χ1v) is 5.80. The van der Waals surface area contributed by atoms with E-state index < -0.39 is 0 Å². The third-order valence-corrected chi connectivity index (χ3v) is 2.08. The molecule has 0 amide bonds. The second kappa shape index (κ2) is 9.20. The molecular formula is C12H24O2. The topological polar surface area (TPSA) is 26.3 Å². The van der Waals surface area contributed by atoms with Crippen LogP contribution in [0.3, 0.4) is 0 Å². The number of hydrogen-bond acceptors (Lipinski definition) is 2. The summed E-state index contributed by atoms with van der Waals surface area (Å²) in [5.41, 5.74) is 0. The maximum atomic E-state index is 11.2. The number of unbranched alkanes of at least 4 members (excludes halogenated alkanes) is 2. The highest BCUT2D eigenvalue weighted by Gasteiger charge is 1.99. The van der Waals surface area contributed by atoms with E-state index in [0.717, 1.165) is 45.1 Å². The number of Topliss-reactive ketones (excluding diaryl/α,β-unsaturated/α-hetero) is 1. The van der Waals surface area contributed by atoms with E-state index in [2.05, 4.69) is 0 Å². The Hall–Kier alpha value is -0.370. The Kier molecular flexibility index (Phi) is 8.95. The second-order valence-electron chi connectivity index (χ2n) is 4.02. The quantitative estimate of drug-likeness (QED) is 0.534. The number of ketones is 1. The molecule has 0 bridgehead atoms. The zero-order valence-electron chi connectivity index (χ0n) is 9.84. The monoisotopic (exact) mass is 200 g/mol. The largest absolute Gasteiger partial charge is 0.379 e. The molecule has 0 rings (SSSR count). The van der Waals surface area contributed by atoms with E-state index in [4.69, 9.17) is 4.74 Å². The van der Waals surface area contributed by atoms with E-state index in [1.54, 1.807) is 0 Å². The van der Waals surface area contributed by atoms with E-state index in [-0.39, 0.29) is 0 Å². The summed E-state index contributed by atoms with van der Waals surface area (Å²) in [6.07, 6.45) is 6.05. The van der Waals surface area contributed by atoms with Gasteiger partial charge in [0.2, 0.25) is 0 Å². The molecule has 0 aromatic heterocycles. The van der Waals surface area contributed by atoms with Crippen LogP contribution in [0.25, 0.3) is 0 Å². The summed E-state index contributed by atoms with van der Waals surface area (Å²) in [5, 5.41) is 0. The van der Waals surface area contributed by atoms with Gasteiger partial charge in [-0.25, -0.2) is 0 Å². The van der Waals surface area contributed by atoms with Crippen molar-refractivity contribution < 1.29 is 9.53 Å². The normalized spacial score (nSPS) is 10.9. The fourth-order valence-corrected chi connectivity index (χ4v) is 1.32. The molecule has 2 heteroatoms. The Bertz CT molecular complexity index is 141. The summed E-state index contributed by atoms with van der Waals surface area (Å²) in [6, 6.07) is 0. The van der Waals surface area contributed by atoms with Crippen molar-refractivity contribution in [2.75, 3.05) is 6.61 Å². The van der Waals surface area contributed by atoms with Gasteiger partial charge in [-0.15, -0.1) is 0 Å². The average molecular weight is 200 g/mol. The Morgan fingerprint density at radius 1 is 1.14 bits per heavy atom. The first kappa shape index (κ1) is 13.6. The van der Waals surface area contributed by atoms with Gasteiger partial charge in [0.25, 0.3) is 0 Å². The molecule has 0 heterocycles. The van der Waals surface area contributed by atoms with Gasteiger partial charge in [-0.05, 0) is 33.1 Å². The maximum Gasteiger partial charge on any atom is 0.132 e. The van der Waals surface area contributed by atoms with Crippen LogP contribution in [0.4, 0.5) is 0 Å². The summed E-state index contributed by atoms with van der Waals surface area (Å²) in [6.45, 7) is 6.98. The third kappa shape index (κ3) is 9.72. The van der Waals surface area contributed by atoms with Crippen LogP contribution < -0.4 is 0 Å². The highest BCUT2D eigenvalue weighted by molar-refractivity contribution is 5.78. The van der Waals surface area contributed by atoms with Crippen LogP contribution in [0.2, 0.25) is 0 Å². The van der Waals surface area contributed by atoms with Crippen LogP contribution in [0.5, 0.6) is 0 Å². The molecule has 0 fully saturated rings. The number of hydrogen-bond donors (Lipinski definition) is 0. The summed E-state index contributed by atoms with van der Waals surface area (Å²) in [5.74, 6) is 0.414. The number of ether oxygens (including phenoxy) is 1. The fourth-order valence-electron chi connectivity index (χ4n) is 1.32. The molecule has 0 unspecified atom stereocenters. The lowest BCUT2D eigenvalue weighted by Gasteiger charge is -2.06. The van der Waals surface area contributed by atoms with Crippen molar-refractivity contribution in [3.63, 3.8) is 0 Å². The molecule has 0 aromatic carbocycles. The van der Waals surface area contributed by atoms with Gasteiger partial charge in [0.05, 0.1) is 6.10 Å². The van der Waals surface area contributed by atoms with Gasteiger partial charge in [0, 0.05) is 19.4 Å². The molecule has 0 aliphatic carbocycles. The summed E-state index contributed by atoms with van der Waals surface area (Å²) in [4.78, 5) is 11.2. The lowest BCUT2D eigenvalue weighted by molar-refractivity contribution is -0.119. The lowest BCUT2D eigenvalue weighted by Crippen LogP contribution is -2.04. The van der Waals surface area contributed by atoms with Gasteiger partial charge >= 0.3 is 0 Å². The minimum Gasteiger partial charge on any atom is -0.379 e. The third-order valence-electron chi connectivity index (χ3n) is 2.08. The van der Waals surface area contributed by atoms with Crippen LogP contribution in [-0.4, -0.2) is 18.5 Å². The molecule has 0 radical (unpaired) electrons. The molecule has 0 saturated heterocycles. The van der Waals surface area contributed by atoms with Crippen molar-refractivity contribution >= 4 is 5.78 Å². The highest BCUT2D eigenvalue weighted by Crippen LogP contribution is 2.04. The number of rotatable bonds is 9. The minimum absolute atomic E-state index is 0.330. The first-order valence-electron chi connectivity index (χ1n) is 5.80. The van der Waals surface area contributed by atoms with E-state index in [0.29, 0.717) is 11.9 Å². The molecule has 0 N–H and O–H groups in total. The van der Waals surface area contributed by atoms with Crippen molar-refractivity contribution in [1.29, 1.82) is 0 Å². The molecule has 0 spiro atoms. The number of carbonyl (C=O) groups excluding carboxylic acids is 1. The van der Waals surface area contributed by atoms with Gasteiger partial charge in [-0.1, -0.05) is 13.3 Å². The minimum atomic E-state index is 0.330. The Balaban J connectivity index is 3.09. The van der Waals surface area contributed by atoms with Crippen molar-refractivity contribution in [2.24, 2.45) is 0 Å².